The Morgan fingerprint density at radius 1 is 1.16 bits per heavy atom. The number of fused-ring (bicyclic) bond motifs is 2. The van der Waals surface area contributed by atoms with E-state index in [0.717, 1.165) is 37.7 Å². The Kier molecular flexibility index (Phi) is 6.32. The number of benzene rings is 2. The quantitative estimate of drug-likeness (QED) is 0.312. The van der Waals surface area contributed by atoms with Crippen LogP contribution in [0.15, 0.2) is 51.2 Å². The molecule has 0 amide bonds. The summed E-state index contributed by atoms with van der Waals surface area (Å²) in [5.41, 5.74) is 4.79. The summed E-state index contributed by atoms with van der Waals surface area (Å²) in [6.07, 6.45) is 0. The highest BCUT2D eigenvalue weighted by atomic mass is 32.2. The van der Waals surface area contributed by atoms with Gasteiger partial charge in [0.15, 0.2) is 0 Å². The van der Waals surface area contributed by atoms with Crippen LogP contribution in [0.2, 0.25) is 0 Å². The molecule has 31 heavy (non-hydrogen) atoms. The van der Waals surface area contributed by atoms with E-state index in [2.05, 4.69) is 79.0 Å². The number of amidine groups is 1. The Morgan fingerprint density at radius 3 is 2.77 bits per heavy atom. The number of aliphatic hydroxyl groups is 1. The molecule has 0 spiro atoms. The van der Waals surface area contributed by atoms with Gasteiger partial charge < -0.3 is 14.7 Å². The second-order valence-electron chi connectivity index (χ2n) is 8.99. The van der Waals surface area contributed by atoms with Gasteiger partial charge in [0.25, 0.3) is 0 Å². The number of ether oxygens (including phenoxy) is 1. The van der Waals surface area contributed by atoms with Gasteiger partial charge in [-0.25, -0.2) is 4.99 Å². The maximum atomic E-state index is 6.73. The third kappa shape index (κ3) is 4.82. The molecule has 2 aliphatic heterocycles. The fourth-order valence-electron chi connectivity index (χ4n) is 4.38. The lowest BCUT2D eigenvalue weighted by Crippen LogP contribution is -2.61. The lowest BCUT2D eigenvalue weighted by Gasteiger charge is -2.48. The molecule has 0 saturated carbocycles. The van der Waals surface area contributed by atoms with Crippen LogP contribution in [0.5, 0.6) is 0 Å². The minimum atomic E-state index is -0.0661. The van der Waals surface area contributed by atoms with Crippen molar-refractivity contribution in [3.63, 3.8) is 0 Å². The summed E-state index contributed by atoms with van der Waals surface area (Å²) < 4.78 is 12.3. The van der Waals surface area contributed by atoms with E-state index in [1.165, 1.54) is 26.5 Å². The first-order chi connectivity index (χ1) is 15.4. The van der Waals surface area contributed by atoms with Gasteiger partial charge in [0.05, 0.1) is 25.5 Å². The molecule has 1 fully saturated rings. The number of aryl methyl sites for hydroxylation is 2. The van der Waals surface area contributed by atoms with Gasteiger partial charge in [-0.05, 0) is 57.0 Å². The zero-order chi connectivity index (χ0) is 22.7. The molecule has 0 bridgehead atoms. The average Bonchev–Trinajstić information content (AvgIpc) is 2.90. The molecule has 5 nitrogen and oxygen atoms in total. The van der Waals surface area contributed by atoms with Crippen LogP contribution >= 0.6 is 11.8 Å². The molecule has 0 aliphatic carbocycles. The lowest BCUT2D eigenvalue weighted by atomic mass is 9.97. The molecule has 1 saturated heterocycles. The van der Waals surface area contributed by atoms with Crippen LogP contribution in [0.4, 0.5) is 5.69 Å². The van der Waals surface area contributed by atoms with Crippen molar-refractivity contribution in [1.29, 1.82) is 1.43 Å². The molecule has 0 atom stereocenters. The number of aliphatic hydroxyl groups excluding tert-OH is 1. The monoisotopic (exact) mass is 664 g/mol. The van der Waals surface area contributed by atoms with Crippen molar-refractivity contribution in [3.05, 3.63) is 53.1 Å². The smallest absolute Gasteiger partial charge is 0.210 e. The number of hydrogen-bond acceptors (Lipinski definition) is 6. The molecule has 2 heterocycles. The minimum absolute atomic E-state index is 0. The van der Waals surface area contributed by atoms with Gasteiger partial charge in [0.1, 0.15) is 5.84 Å². The predicted molar refractivity (Wildman–Crippen MR) is 362 cm³/mol. The van der Waals surface area contributed by atoms with Gasteiger partial charge in [0.2, 0.25) is 1.43 Å². The van der Waals surface area contributed by atoms with E-state index < -0.39 is 0 Å². The first-order valence-electron chi connectivity index (χ1n) is 11.4. The highest BCUT2D eigenvalue weighted by Gasteiger charge is 2.37. The number of piperazine rings is 1. The minimum Gasteiger partial charge on any atom is -0.394 e. The molecule has 0 aromatic heterocycles. The molecule has 4 rings (SSSR count). The van der Waals surface area contributed by atoms with Crippen LogP contribution in [0.1, 0.15) is 189 Å². The van der Waals surface area contributed by atoms with Gasteiger partial charge >= 0.3 is 0 Å². The van der Waals surface area contributed by atoms with Crippen molar-refractivity contribution in [3.8, 4) is 0 Å². The predicted octanol–water partition coefficient (Wildman–Crippen LogP) is 31.6. The first kappa shape index (κ1) is 21.0. The topological polar surface area (TPSA) is 48.3 Å². The molecular formula is C25H255N3O2S. The van der Waals surface area contributed by atoms with Crippen LogP contribution < -0.4 is 0 Å². The van der Waals surface area contributed by atoms with Crippen LogP contribution in [0.3, 0.4) is 0 Å². The van der Waals surface area contributed by atoms with E-state index in [0.29, 0.717) is 19.8 Å². The summed E-state index contributed by atoms with van der Waals surface area (Å²) in [6, 6.07) is 13.1. The highest BCUT2D eigenvalue weighted by molar-refractivity contribution is 7.99. The second kappa shape index (κ2) is 9.33. The normalized spacial score (nSPS) is 18.6. The molecule has 2 aromatic carbocycles. The van der Waals surface area contributed by atoms with E-state index in [4.69, 9.17) is 11.2 Å². The molecule has 2 aliphatic rings. The number of hydrogen-bond donors (Lipinski definition) is 1. The SMILES string of the molecule is [2H]OCCOCCN1CCN(C2=Nc3cc(C)c(C)cc3Sc3ccccc32)C(C)(C)C1.[HH].[HH].[HH].[HH].[HH].[HH].[HH].[HH].[HH].[HH].[HH].[HH].[HH].[HH].[HH].[HH].[HH].[HH].[HH].[HH].[HH].[HH].[HH].[HH].[HH].[HH].[HH].[HH].[HH].[HH].[HH].[HH].[HH].[HH].[HH].[HH].[HH].[HH].[HH].[HH].[HH].[HH].[HH].[HH].[HH].[HH].[HH].[HH].[HH].[HH].[HH].[HH].[HH].[HH].[HH].[HH].[HH].[HH].[HH].[HH].[HH].[HH].[HH].[HH].[HH].[HH].[HH].[HH].[HH].[HH].[HH].[HH].[HH].[HH].[HH].[HH].[HH].[HH].[HH].[HH].[HH].[HH].[HH].[HH].[HH].[HH].[HH].[HH].[HH].[HH].[HH].[HH].[HH].[HH].[HH].[HH].[HH].[HH].[HH].[HH].[HH].[HH].[HH].[HH].[HH].[HH].[HH].[HH].[HH].[HH].[HH]. The van der Waals surface area contributed by atoms with Gasteiger partial charge in [-0.15, -0.1) is 0 Å². The van der Waals surface area contributed by atoms with Crippen LogP contribution in [-0.2, 0) is 4.74 Å². The molecule has 0 radical (unpaired) electrons. The highest BCUT2D eigenvalue weighted by Crippen LogP contribution is 2.42. The molecule has 1 N–H and O–H groups in total. The summed E-state index contributed by atoms with van der Waals surface area (Å²) >= 11 is 1.82. The van der Waals surface area contributed by atoms with E-state index in [-0.39, 0.29) is 164 Å². The maximum Gasteiger partial charge on any atom is 0.210 e. The summed E-state index contributed by atoms with van der Waals surface area (Å²) in [4.78, 5) is 12.7. The number of nitrogens with zero attached hydrogens (tertiary/aromatic N) is 3. The Labute approximate surface area is 356 Å². The van der Waals surface area contributed by atoms with Crippen molar-refractivity contribution in [2.45, 2.75) is 43.0 Å². The van der Waals surface area contributed by atoms with E-state index in [9.17, 15) is 0 Å². The fraction of sp³-hybridized carbons (Fsp3) is 0.480. The zero-order valence-electron chi connectivity index (χ0n) is 20.0. The van der Waals surface area contributed by atoms with Gasteiger partial charge in [0, 0.05) is 205 Å². The fourth-order valence-corrected chi connectivity index (χ4v) is 5.47. The maximum absolute atomic E-state index is 6.73. The van der Waals surface area contributed by atoms with Crippen LogP contribution in [-0.4, -0.2) is 73.7 Å². The van der Waals surface area contributed by atoms with Crippen molar-refractivity contribution in [2.75, 3.05) is 46.0 Å². The Bertz CT molecular complexity index is 1100. The number of aliphatic imine (C=N–C) groups is 1. The van der Waals surface area contributed by atoms with E-state index >= 15 is 0 Å². The van der Waals surface area contributed by atoms with Crippen LogP contribution in [0, 0.1) is 13.8 Å². The summed E-state index contributed by atoms with van der Waals surface area (Å²) in [5.74, 6) is 1.07. The Balaban J connectivity index is -0.00000000104. The molecule has 0 unspecified atom stereocenters. The standard InChI is InChI=1S/C25H33N3O2S.111H2/c1-18-15-21-23(16-19(18)2)31-22-8-6-5-7-20(22)24(26-21)28-10-9-27(17-25(28,3)4)11-13-30-14-12-29;;;;;;;;;;;;;;;;;;;;;;;;;;;;;;;;;;;;;;;;;;;;;;;;;;;;;;;;;;;;;;;;;;;;;;;;;;;;;;;;;;;;;;;;;;;;;;;;;;;;;;;;;;;;;;;/h5-8,15-16,29H,9-14,17H2,1-4H3;111*1H/i29D;;;;;;;;;;;;;;;;;;;;;;;;;;;;;;;;;;;;;;;;;;;;;;;;;;;;;;;;;;;;;;;;;;;;;;;;;;;;;;;;;;;;;;;;;;;;;;;;;;;;;;;;;;;;;;;. The lowest BCUT2D eigenvalue weighted by molar-refractivity contribution is 0.0340. The average molecular weight is 664 g/mol. The molecule has 2 aromatic rings. The molecule has 388 valence electrons. The summed E-state index contributed by atoms with van der Waals surface area (Å²) in [5, 5.41) is 4.32. The summed E-state index contributed by atoms with van der Waals surface area (Å²) in [7, 11) is 0. The molecular weight excluding hydrogens is 406 g/mol. The second-order valence-corrected chi connectivity index (χ2v) is 10.1. The zero-order valence-corrected chi connectivity index (χ0v) is 19.8. The molecule has 6 heteroatoms. The Hall–Kier alpha value is -1.86. The van der Waals surface area contributed by atoms with Crippen LogP contribution in [0.25, 0.3) is 0 Å². The van der Waals surface area contributed by atoms with E-state index in [1.54, 1.807) is 0 Å². The van der Waals surface area contributed by atoms with Crippen molar-refractivity contribution >= 4 is 23.3 Å². The summed E-state index contributed by atoms with van der Waals surface area (Å²) in [6.45, 7) is 14.1. The van der Waals surface area contributed by atoms with E-state index in [1.807, 2.05) is 11.8 Å². The van der Waals surface area contributed by atoms with Gasteiger partial charge in [-0.3, -0.25) is 4.90 Å². The third-order valence-corrected chi connectivity index (χ3v) is 7.29. The van der Waals surface area contributed by atoms with Gasteiger partial charge in [-0.2, -0.15) is 0 Å². The van der Waals surface area contributed by atoms with Crippen molar-refractivity contribution in [2.24, 2.45) is 4.99 Å². The largest absolute Gasteiger partial charge is 0.394 e. The van der Waals surface area contributed by atoms with Crippen molar-refractivity contribution < 1.29 is 168 Å². The number of rotatable bonds is 6. The first-order valence-corrected chi connectivity index (χ1v) is 11.8. The Morgan fingerprint density at radius 2 is 1.97 bits per heavy atom. The third-order valence-electron chi connectivity index (χ3n) is 6.17. The van der Waals surface area contributed by atoms with Gasteiger partial charge in [-0.1, -0.05) is 30.0 Å². The van der Waals surface area contributed by atoms with Crippen molar-refractivity contribution in [1.82, 2.24) is 9.80 Å².